The van der Waals surface area contributed by atoms with E-state index in [0.29, 0.717) is 22.2 Å². The third kappa shape index (κ3) is 3.19. The fourth-order valence-electron chi connectivity index (χ4n) is 2.70. The normalized spacial score (nSPS) is 10.8. The van der Waals surface area contributed by atoms with Crippen molar-refractivity contribution in [1.82, 2.24) is 4.98 Å². The lowest BCUT2D eigenvalue weighted by molar-refractivity contribution is 0.102. The zero-order valence-corrected chi connectivity index (χ0v) is 14.7. The van der Waals surface area contributed by atoms with E-state index in [2.05, 4.69) is 10.3 Å². The van der Waals surface area contributed by atoms with Gasteiger partial charge in [0.15, 0.2) is 5.58 Å². The number of carbonyl (C=O) groups is 1. The van der Waals surface area contributed by atoms with Gasteiger partial charge < -0.3 is 9.73 Å². The Morgan fingerprint density at radius 3 is 2.65 bits per heavy atom. The van der Waals surface area contributed by atoms with Crippen LogP contribution >= 0.6 is 11.6 Å². The van der Waals surface area contributed by atoms with Crippen molar-refractivity contribution in [2.75, 3.05) is 5.32 Å². The summed E-state index contributed by atoms with van der Waals surface area (Å²) < 4.78 is 5.83. The van der Waals surface area contributed by atoms with Crippen molar-refractivity contribution in [2.24, 2.45) is 0 Å². The number of halogens is 1. The van der Waals surface area contributed by atoms with Crippen LogP contribution in [-0.4, -0.2) is 10.9 Å². The van der Waals surface area contributed by atoms with E-state index in [0.717, 1.165) is 22.2 Å². The highest BCUT2D eigenvalue weighted by molar-refractivity contribution is 6.34. The standard InChI is InChI=1S/C21H15ClN2O2/c1-13-7-10-19-18(11-13)24-21(26-19)15-8-9-16(22)17(12-15)23-20(25)14-5-3-2-4-6-14/h2-12H,1H3,(H,23,25). The number of carbonyl (C=O) groups excluding carboxylic acids is 1. The Morgan fingerprint density at radius 2 is 1.85 bits per heavy atom. The summed E-state index contributed by atoms with van der Waals surface area (Å²) in [6.07, 6.45) is 0. The monoisotopic (exact) mass is 362 g/mol. The number of fused-ring (bicyclic) bond motifs is 1. The maximum Gasteiger partial charge on any atom is 0.255 e. The molecule has 0 aliphatic rings. The fourth-order valence-corrected chi connectivity index (χ4v) is 2.86. The highest BCUT2D eigenvalue weighted by Crippen LogP contribution is 2.31. The van der Waals surface area contributed by atoms with Gasteiger partial charge in [-0.1, -0.05) is 35.9 Å². The number of hydrogen-bond acceptors (Lipinski definition) is 3. The minimum absolute atomic E-state index is 0.224. The third-order valence-corrected chi connectivity index (χ3v) is 4.37. The van der Waals surface area contributed by atoms with E-state index in [1.807, 2.05) is 49.4 Å². The van der Waals surface area contributed by atoms with Crippen molar-refractivity contribution >= 4 is 34.3 Å². The van der Waals surface area contributed by atoms with Gasteiger partial charge in [-0.15, -0.1) is 0 Å². The van der Waals surface area contributed by atoms with Crippen molar-refractivity contribution in [3.8, 4) is 11.5 Å². The molecule has 0 radical (unpaired) electrons. The molecule has 0 saturated carbocycles. The number of nitrogens with one attached hydrogen (secondary N) is 1. The van der Waals surface area contributed by atoms with E-state index in [-0.39, 0.29) is 5.91 Å². The second kappa shape index (κ2) is 6.65. The second-order valence-electron chi connectivity index (χ2n) is 6.00. The molecule has 1 heterocycles. The molecule has 3 aromatic carbocycles. The molecule has 0 saturated heterocycles. The summed E-state index contributed by atoms with van der Waals surface area (Å²) in [6, 6.07) is 20.1. The van der Waals surface area contributed by atoms with Gasteiger partial charge in [-0.05, 0) is 55.0 Å². The molecule has 0 spiro atoms. The van der Waals surface area contributed by atoms with Crippen LogP contribution in [-0.2, 0) is 0 Å². The number of aryl methyl sites for hydroxylation is 1. The minimum atomic E-state index is -0.224. The molecule has 4 rings (SSSR count). The highest BCUT2D eigenvalue weighted by Gasteiger charge is 2.13. The molecule has 4 nitrogen and oxygen atoms in total. The van der Waals surface area contributed by atoms with E-state index in [4.69, 9.17) is 16.0 Å². The van der Waals surface area contributed by atoms with Crippen LogP contribution in [0.15, 0.2) is 71.1 Å². The molecule has 4 aromatic rings. The number of anilines is 1. The summed E-state index contributed by atoms with van der Waals surface area (Å²) in [6.45, 7) is 2.01. The van der Waals surface area contributed by atoms with Crippen LogP contribution in [0.3, 0.4) is 0 Å². The van der Waals surface area contributed by atoms with E-state index < -0.39 is 0 Å². The first kappa shape index (κ1) is 16.4. The number of benzene rings is 3. The van der Waals surface area contributed by atoms with Crippen LogP contribution < -0.4 is 5.32 Å². The average Bonchev–Trinajstić information content (AvgIpc) is 3.07. The molecule has 0 aliphatic carbocycles. The first-order valence-corrected chi connectivity index (χ1v) is 8.51. The molecular formula is C21H15ClN2O2. The zero-order chi connectivity index (χ0) is 18.1. The Balaban J connectivity index is 1.68. The van der Waals surface area contributed by atoms with Crippen molar-refractivity contribution < 1.29 is 9.21 Å². The number of rotatable bonds is 3. The Kier molecular flexibility index (Phi) is 4.19. The van der Waals surface area contributed by atoms with Crippen LogP contribution in [0.4, 0.5) is 5.69 Å². The van der Waals surface area contributed by atoms with E-state index >= 15 is 0 Å². The number of amides is 1. The second-order valence-corrected chi connectivity index (χ2v) is 6.41. The molecule has 1 amide bonds. The molecule has 26 heavy (non-hydrogen) atoms. The average molecular weight is 363 g/mol. The predicted octanol–water partition coefficient (Wildman–Crippen LogP) is 5.71. The summed E-state index contributed by atoms with van der Waals surface area (Å²) in [7, 11) is 0. The van der Waals surface area contributed by atoms with Gasteiger partial charge in [0.2, 0.25) is 5.89 Å². The Morgan fingerprint density at radius 1 is 1.04 bits per heavy atom. The van der Waals surface area contributed by atoms with Gasteiger partial charge in [-0.3, -0.25) is 4.79 Å². The maximum absolute atomic E-state index is 12.4. The van der Waals surface area contributed by atoms with Crippen LogP contribution in [0.2, 0.25) is 5.02 Å². The maximum atomic E-state index is 12.4. The minimum Gasteiger partial charge on any atom is -0.436 e. The van der Waals surface area contributed by atoms with Gasteiger partial charge in [0.1, 0.15) is 5.52 Å². The molecule has 1 N–H and O–H groups in total. The van der Waals surface area contributed by atoms with E-state index in [9.17, 15) is 4.79 Å². The van der Waals surface area contributed by atoms with Gasteiger partial charge >= 0.3 is 0 Å². The van der Waals surface area contributed by atoms with Crippen molar-refractivity contribution in [3.05, 3.63) is 82.9 Å². The zero-order valence-electron chi connectivity index (χ0n) is 14.0. The largest absolute Gasteiger partial charge is 0.436 e. The van der Waals surface area contributed by atoms with Gasteiger partial charge in [0.25, 0.3) is 5.91 Å². The summed E-state index contributed by atoms with van der Waals surface area (Å²) in [5.41, 5.74) is 4.44. The third-order valence-electron chi connectivity index (χ3n) is 4.04. The lowest BCUT2D eigenvalue weighted by Crippen LogP contribution is -2.12. The SMILES string of the molecule is Cc1ccc2oc(-c3ccc(Cl)c(NC(=O)c4ccccc4)c3)nc2c1. The number of nitrogens with zero attached hydrogens (tertiary/aromatic N) is 1. The lowest BCUT2D eigenvalue weighted by Gasteiger charge is -2.08. The number of hydrogen-bond donors (Lipinski definition) is 1. The van der Waals surface area contributed by atoms with Crippen LogP contribution in [0.5, 0.6) is 0 Å². The topological polar surface area (TPSA) is 55.1 Å². The quantitative estimate of drug-likeness (QED) is 0.508. The van der Waals surface area contributed by atoms with Crippen LogP contribution in [0.25, 0.3) is 22.6 Å². The van der Waals surface area contributed by atoms with Crippen LogP contribution in [0, 0.1) is 6.92 Å². The van der Waals surface area contributed by atoms with Gasteiger partial charge in [-0.2, -0.15) is 0 Å². The Bertz CT molecular complexity index is 1100. The summed E-state index contributed by atoms with van der Waals surface area (Å²) in [5.74, 6) is 0.260. The molecule has 5 heteroatoms. The number of oxazole rings is 1. The van der Waals surface area contributed by atoms with Gasteiger partial charge in [0.05, 0.1) is 10.7 Å². The predicted molar refractivity (Wildman–Crippen MR) is 104 cm³/mol. The molecular weight excluding hydrogens is 348 g/mol. The first-order chi connectivity index (χ1) is 12.6. The fraction of sp³-hybridized carbons (Fsp3) is 0.0476. The molecule has 1 aromatic heterocycles. The van der Waals surface area contributed by atoms with Crippen molar-refractivity contribution in [2.45, 2.75) is 6.92 Å². The van der Waals surface area contributed by atoms with Crippen molar-refractivity contribution in [3.63, 3.8) is 0 Å². The summed E-state index contributed by atoms with van der Waals surface area (Å²) in [5, 5.41) is 3.29. The van der Waals surface area contributed by atoms with Crippen LogP contribution in [0.1, 0.15) is 15.9 Å². The molecule has 0 atom stereocenters. The van der Waals surface area contributed by atoms with E-state index in [1.54, 1.807) is 24.3 Å². The highest BCUT2D eigenvalue weighted by atomic mass is 35.5. The van der Waals surface area contributed by atoms with Crippen molar-refractivity contribution in [1.29, 1.82) is 0 Å². The Hall–Kier alpha value is -3.11. The molecule has 0 fully saturated rings. The molecule has 0 unspecified atom stereocenters. The van der Waals surface area contributed by atoms with Gasteiger partial charge in [-0.25, -0.2) is 4.98 Å². The van der Waals surface area contributed by atoms with E-state index in [1.165, 1.54) is 0 Å². The lowest BCUT2D eigenvalue weighted by atomic mass is 10.1. The molecule has 0 aliphatic heterocycles. The summed E-state index contributed by atoms with van der Waals surface area (Å²) in [4.78, 5) is 16.9. The first-order valence-electron chi connectivity index (χ1n) is 8.14. The van der Waals surface area contributed by atoms with Gasteiger partial charge in [0, 0.05) is 11.1 Å². The smallest absolute Gasteiger partial charge is 0.255 e. The molecule has 0 bridgehead atoms. The summed E-state index contributed by atoms with van der Waals surface area (Å²) >= 11 is 6.25. The molecule has 128 valence electrons. The number of aromatic nitrogens is 1. The Labute approximate surface area is 155 Å².